The molecule has 3 rings (SSSR count). The van der Waals surface area contributed by atoms with Gasteiger partial charge in [-0.3, -0.25) is 0 Å². The van der Waals surface area contributed by atoms with Gasteiger partial charge in [-0.1, -0.05) is 51.3 Å². The van der Waals surface area contributed by atoms with Gasteiger partial charge in [-0.25, -0.2) is 0 Å². The SMILES string of the molecule is CC1(C)CNC2(CCCCC2)C1Sc1ccccc1. The molecule has 1 N–H and O–H groups in total. The molecule has 1 saturated heterocycles. The maximum atomic E-state index is 3.91. The molecular weight excluding hydrogens is 250 g/mol. The first-order chi connectivity index (χ1) is 9.12. The molecule has 1 aliphatic heterocycles. The van der Waals surface area contributed by atoms with Crippen LogP contribution in [0.25, 0.3) is 0 Å². The second kappa shape index (κ2) is 5.14. The van der Waals surface area contributed by atoms with Gasteiger partial charge in [0.1, 0.15) is 0 Å². The highest BCUT2D eigenvalue weighted by Crippen LogP contribution is 2.51. The van der Waals surface area contributed by atoms with Gasteiger partial charge < -0.3 is 5.32 Å². The van der Waals surface area contributed by atoms with E-state index >= 15 is 0 Å². The van der Waals surface area contributed by atoms with Gasteiger partial charge in [0.15, 0.2) is 0 Å². The van der Waals surface area contributed by atoms with Crippen molar-refractivity contribution in [1.29, 1.82) is 0 Å². The van der Waals surface area contributed by atoms with Gasteiger partial charge in [0.05, 0.1) is 0 Å². The van der Waals surface area contributed by atoms with Crippen LogP contribution >= 0.6 is 11.8 Å². The minimum absolute atomic E-state index is 0.387. The Balaban J connectivity index is 1.85. The molecule has 0 bridgehead atoms. The molecule has 1 heterocycles. The van der Waals surface area contributed by atoms with E-state index in [1.54, 1.807) is 0 Å². The van der Waals surface area contributed by atoms with Crippen LogP contribution in [0.1, 0.15) is 46.0 Å². The number of rotatable bonds is 2. The van der Waals surface area contributed by atoms with Crippen LogP contribution < -0.4 is 5.32 Å². The van der Waals surface area contributed by atoms with Gasteiger partial charge in [-0.05, 0) is 30.4 Å². The lowest BCUT2D eigenvalue weighted by atomic mass is 9.75. The molecule has 1 aromatic rings. The summed E-state index contributed by atoms with van der Waals surface area (Å²) in [6, 6.07) is 10.9. The van der Waals surface area contributed by atoms with Crippen LogP contribution in [0.4, 0.5) is 0 Å². The summed E-state index contributed by atoms with van der Waals surface area (Å²) in [5.74, 6) is 0. The van der Waals surface area contributed by atoms with Crippen LogP contribution in [-0.2, 0) is 0 Å². The van der Waals surface area contributed by atoms with Gasteiger partial charge in [-0.2, -0.15) is 0 Å². The number of thioether (sulfide) groups is 1. The number of hydrogen-bond donors (Lipinski definition) is 1. The van der Waals surface area contributed by atoms with Crippen molar-refractivity contribution in [3.05, 3.63) is 30.3 Å². The minimum Gasteiger partial charge on any atom is -0.310 e. The molecule has 2 heteroatoms. The van der Waals surface area contributed by atoms with Crippen molar-refractivity contribution in [3.8, 4) is 0 Å². The van der Waals surface area contributed by atoms with E-state index in [0.29, 0.717) is 16.2 Å². The maximum Gasteiger partial charge on any atom is 0.0340 e. The van der Waals surface area contributed by atoms with Crippen molar-refractivity contribution < 1.29 is 0 Å². The van der Waals surface area contributed by atoms with Crippen LogP contribution in [-0.4, -0.2) is 17.3 Å². The van der Waals surface area contributed by atoms with E-state index in [4.69, 9.17) is 0 Å². The molecular formula is C17H25NS. The standard InChI is InChI=1S/C17H25NS/c1-16(2)13-18-17(11-7-4-8-12-17)15(16)19-14-9-5-3-6-10-14/h3,5-6,9-10,15,18H,4,7-8,11-13H2,1-2H3. The first kappa shape index (κ1) is 13.5. The van der Waals surface area contributed by atoms with Crippen LogP contribution in [0.2, 0.25) is 0 Å². The van der Waals surface area contributed by atoms with E-state index in [1.165, 1.54) is 37.0 Å². The molecule has 1 atom stereocenters. The summed E-state index contributed by atoms with van der Waals surface area (Å²) < 4.78 is 0. The van der Waals surface area contributed by atoms with Crippen molar-refractivity contribution in [2.75, 3.05) is 6.54 Å². The van der Waals surface area contributed by atoms with Crippen molar-refractivity contribution >= 4 is 11.8 Å². The van der Waals surface area contributed by atoms with E-state index in [1.807, 2.05) is 0 Å². The van der Waals surface area contributed by atoms with Gasteiger partial charge in [-0.15, -0.1) is 11.8 Å². The summed E-state index contributed by atoms with van der Waals surface area (Å²) in [6.45, 7) is 6.03. The molecule has 104 valence electrons. The van der Waals surface area contributed by atoms with Gasteiger partial charge in [0, 0.05) is 22.2 Å². The Bertz CT molecular complexity index is 420. The highest BCUT2D eigenvalue weighted by molar-refractivity contribution is 8.00. The molecule has 1 aliphatic carbocycles. The highest BCUT2D eigenvalue weighted by Gasteiger charge is 2.52. The van der Waals surface area contributed by atoms with E-state index in [-0.39, 0.29) is 0 Å². The van der Waals surface area contributed by atoms with Gasteiger partial charge in [0.25, 0.3) is 0 Å². The lowest BCUT2D eigenvalue weighted by molar-refractivity contribution is 0.253. The average Bonchev–Trinajstić information content (AvgIpc) is 2.66. The Kier molecular flexibility index (Phi) is 3.65. The van der Waals surface area contributed by atoms with Crippen molar-refractivity contribution in [2.45, 2.75) is 61.6 Å². The predicted molar refractivity (Wildman–Crippen MR) is 83.7 cm³/mol. The van der Waals surface area contributed by atoms with E-state index in [2.05, 4.69) is 61.3 Å². The van der Waals surface area contributed by atoms with Crippen LogP contribution in [0.15, 0.2) is 35.2 Å². The zero-order chi connectivity index (χ0) is 13.3. The third-order valence-corrected chi connectivity index (χ3v) is 6.72. The highest BCUT2D eigenvalue weighted by atomic mass is 32.2. The van der Waals surface area contributed by atoms with Crippen LogP contribution in [0.3, 0.4) is 0 Å². The second-order valence-corrected chi connectivity index (χ2v) is 8.05. The van der Waals surface area contributed by atoms with E-state index in [9.17, 15) is 0 Å². The van der Waals surface area contributed by atoms with Gasteiger partial charge >= 0.3 is 0 Å². The molecule has 1 nitrogen and oxygen atoms in total. The van der Waals surface area contributed by atoms with Gasteiger partial charge in [0.2, 0.25) is 0 Å². The summed E-state index contributed by atoms with van der Waals surface area (Å²) in [4.78, 5) is 1.43. The molecule has 1 spiro atoms. The van der Waals surface area contributed by atoms with E-state index in [0.717, 1.165) is 6.54 Å². The Labute approximate surface area is 121 Å². The summed E-state index contributed by atoms with van der Waals surface area (Å²) in [5.41, 5.74) is 0.778. The largest absolute Gasteiger partial charge is 0.310 e. The predicted octanol–water partition coefficient (Wildman–Crippen LogP) is 4.48. The Morgan fingerprint density at radius 1 is 1.05 bits per heavy atom. The minimum atomic E-state index is 0.387. The normalized spacial score (nSPS) is 28.6. The summed E-state index contributed by atoms with van der Waals surface area (Å²) in [5, 5.41) is 4.61. The fraction of sp³-hybridized carbons (Fsp3) is 0.647. The molecule has 1 saturated carbocycles. The fourth-order valence-corrected chi connectivity index (χ4v) is 5.40. The quantitative estimate of drug-likeness (QED) is 0.854. The topological polar surface area (TPSA) is 12.0 Å². The first-order valence-corrected chi connectivity index (χ1v) is 8.47. The molecule has 2 aliphatic rings. The van der Waals surface area contributed by atoms with Crippen molar-refractivity contribution in [2.24, 2.45) is 5.41 Å². The second-order valence-electron chi connectivity index (χ2n) is 6.87. The van der Waals surface area contributed by atoms with Crippen molar-refractivity contribution in [1.82, 2.24) is 5.32 Å². The maximum absolute atomic E-state index is 3.91. The third-order valence-electron chi connectivity index (χ3n) is 4.85. The summed E-state index contributed by atoms with van der Waals surface area (Å²) in [7, 11) is 0. The molecule has 0 radical (unpaired) electrons. The summed E-state index contributed by atoms with van der Waals surface area (Å²) in [6.07, 6.45) is 6.94. The molecule has 0 aromatic heterocycles. The first-order valence-electron chi connectivity index (χ1n) is 7.59. The molecule has 1 aromatic carbocycles. The smallest absolute Gasteiger partial charge is 0.0340 e. The molecule has 1 unspecified atom stereocenters. The zero-order valence-electron chi connectivity index (χ0n) is 12.1. The Hall–Kier alpha value is -0.470. The lowest BCUT2D eigenvalue weighted by Gasteiger charge is -2.42. The molecule has 19 heavy (non-hydrogen) atoms. The lowest BCUT2D eigenvalue weighted by Crippen LogP contribution is -2.49. The molecule has 0 amide bonds. The molecule has 2 fully saturated rings. The Morgan fingerprint density at radius 2 is 1.74 bits per heavy atom. The Morgan fingerprint density at radius 3 is 2.42 bits per heavy atom. The number of nitrogens with one attached hydrogen (secondary N) is 1. The number of hydrogen-bond acceptors (Lipinski definition) is 2. The summed E-state index contributed by atoms with van der Waals surface area (Å²) >= 11 is 2.10. The van der Waals surface area contributed by atoms with Crippen LogP contribution in [0.5, 0.6) is 0 Å². The number of benzene rings is 1. The average molecular weight is 275 g/mol. The van der Waals surface area contributed by atoms with E-state index < -0.39 is 0 Å². The zero-order valence-corrected chi connectivity index (χ0v) is 12.9. The van der Waals surface area contributed by atoms with Crippen molar-refractivity contribution in [3.63, 3.8) is 0 Å². The van der Waals surface area contributed by atoms with Crippen LogP contribution in [0, 0.1) is 5.41 Å². The third kappa shape index (κ3) is 2.57. The fourth-order valence-electron chi connectivity index (χ4n) is 3.87. The monoisotopic (exact) mass is 275 g/mol.